The first kappa shape index (κ1) is 15.3. The number of likely N-dealkylation sites (tertiary alicyclic amines) is 1. The van der Waals surface area contributed by atoms with Gasteiger partial charge in [0, 0.05) is 12.6 Å². The molecule has 0 saturated carbocycles. The number of hydrogen-bond acceptors (Lipinski definition) is 2. The van der Waals surface area contributed by atoms with Crippen LogP contribution in [0.1, 0.15) is 36.5 Å². The molecule has 1 fully saturated rings. The molecule has 2 heteroatoms. The third-order valence-corrected chi connectivity index (χ3v) is 4.70. The van der Waals surface area contributed by atoms with E-state index in [1.807, 2.05) is 30.3 Å². The fraction of sp³-hybridized carbons (Fsp3) is 0.400. The van der Waals surface area contributed by atoms with Crippen molar-refractivity contribution in [3.63, 3.8) is 0 Å². The van der Waals surface area contributed by atoms with Gasteiger partial charge in [-0.15, -0.1) is 0 Å². The second kappa shape index (κ2) is 7.57. The summed E-state index contributed by atoms with van der Waals surface area (Å²) in [6.45, 7) is 2.12. The molecular formula is C20H25NO. The van der Waals surface area contributed by atoms with Crippen LogP contribution in [-0.4, -0.2) is 29.1 Å². The van der Waals surface area contributed by atoms with Gasteiger partial charge >= 0.3 is 0 Å². The molecule has 1 aliphatic heterocycles. The lowest BCUT2D eigenvalue weighted by atomic mass is 9.92. The largest absolute Gasteiger partial charge is 0.387 e. The van der Waals surface area contributed by atoms with E-state index in [9.17, 15) is 5.11 Å². The van der Waals surface area contributed by atoms with Gasteiger partial charge in [0.2, 0.25) is 0 Å². The zero-order valence-corrected chi connectivity index (χ0v) is 13.1. The van der Waals surface area contributed by atoms with E-state index in [-0.39, 0.29) is 12.1 Å². The zero-order valence-electron chi connectivity index (χ0n) is 13.1. The smallest absolute Gasteiger partial charge is 0.0945 e. The van der Waals surface area contributed by atoms with Crippen molar-refractivity contribution in [2.45, 2.75) is 37.8 Å². The Morgan fingerprint density at radius 2 is 1.64 bits per heavy atom. The zero-order chi connectivity index (χ0) is 15.2. The topological polar surface area (TPSA) is 23.5 Å². The predicted octanol–water partition coefficient (Wildman–Crippen LogP) is 3.82. The molecule has 3 rings (SSSR count). The van der Waals surface area contributed by atoms with E-state index in [0.29, 0.717) is 0 Å². The molecule has 0 bridgehead atoms. The lowest BCUT2D eigenvalue weighted by molar-refractivity contribution is 0.0256. The van der Waals surface area contributed by atoms with Crippen molar-refractivity contribution < 1.29 is 5.11 Å². The Kier molecular flexibility index (Phi) is 5.25. The highest BCUT2D eigenvalue weighted by Gasteiger charge is 2.29. The molecular weight excluding hydrogens is 270 g/mol. The summed E-state index contributed by atoms with van der Waals surface area (Å²) in [6.07, 6.45) is 4.23. The Hall–Kier alpha value is -1.64. The Labute approximate surface area is 133 Å². The van der Waals surface area contributed by atoms with Crippen molar-refractivity contribution in [2.75, 3.05) is 13.1 Å². The van der Waals surface area contributed by atoms with Crippen molar-refractivity contribution in [3.05, 3.63) is 71.8 Å². The molecule has 2 aromatic carbocycles. The second-order valence-corrected chi connectivity index (χ2v) is 6.19. The number of aliphatic hydroxyl groups is 1. The van der Waals surface area contributed by atoms with Crippen LogP contribution in [0, 0.1) is 0 Å². The normalized spacial score (nSPS) is 20.7. The molecule has 1 saturated heterocycles. The van der Waals surface area contributed by atoms with Gasteiger partial charge in [0.1, 0.15) is 0 Å². The minimum absolute atomic E-state index is 0.250. The van der Waals surface area contributed by atoms with Crippen LogP contribution in [0.3, 0.4) is 0 Å². The van der Waals surface area contributed by atoms with Crippen molar-refractivity contribution in [2.24, 2.45) is 0 Å². The van der Waals surface area contributed by atoms with Crippen LogP contribution in [-0.2, 0) is 6.42 Å². The Morgan fingerprint density at radius 1 is 0.955 bits per heavy atom. The molecule has 1 heterocycles. The maximum Gasteiger partial charge on any atom is 0.0945 e. The van der Waals surface area contributed by atoms with Crippen molar-refractivity contribution >= 4 is 0 Å². The van der Waals surface area contributed by atoms with Crippen LogP contribution in [0.5, 0.6) is 0 Å². The average molecular weight is 295 g/mol. The Morgan fingerprint density at radius 3 is 2.36 bits per heavy atom. The van der Waals surface area contributed by atoms with Gasteiger partial charge in [-0.3, -0.25) is 4.90 Å². The monoisotopic (exact) mass is 295 g/mol. The van der Waals surface area contributed by atoms with Crippen LogP contribution in [0.4, 0.5) is 0 Å². The fourth-order valence-electron chi connectivity index (χ4n) is 3.44. The summed E-state index contributed by atoms with van der Waals surface area (Å²) in [5.74, 6) is 0. The molecule has 2 nitrogen and oxygen atoms in total. The summed E-state index contributed by atoms with van der Waals surface area (Å²) in [5, 5.41) is 10.8. The third-order valence-electron chi connectivity index (χ3n) is 4.70. The van der Waals surface area contributed by atoms with Crippen molar-refractivity contribution in [1.82, 2.24) is 4.90 Å². The highest BCUT2D eigenvalue weighted by molar-refractivity contribution is 5.19. The average Bonchev–Trinajstić information content (AvgIpc) is 2.61. The minimum Gasteiger partial charge on any atom is -0.387 e. The van der Waals surface area contributed by atoms with E-state index < -0.39 is 0 Å². The maximum absolute atomic E-state index is 10.8. The summed E-state index contributed by atoms with van der Waals surface area (Å²) in [7, 11) is 0. The molecule has 2 unspecified atom stereocenters. The molecule has 2 atom stereocenters. The van der Waals surface area contributed by atoms with Gasteiger partial charge in [0.25, 0.3) is 0 Å². The summed E-state index contributed by atoms with van der Waals surface area (Å²) >= 11 is 0. The summed E-state index contributed by atoms with van der Waals surface area (Å²) < 4.78 is 0. The number of nitrogens with zero attached hydrogens (tertiary/aromatic N) is 1. The van der Waals surface area contributed by atoms with Crippen LogP contribution in [0.25, 0.3) is 0 Å². The molecule has 116 valence electrons. The van der Waals surface area contributed by atoms with Crippen molar-refractivity contribution in [3.8, 4) is 0 Å². The predicted molar refractivity (Wildman–Crippen MR) is 90.8 cm³/mol. The molecule has 2 aromatic rings. The van der Waals surface area contributed by atoms with Gasteiger partial charge in [-0.1, -0.05) is 67.1 Å². The van der Waals surface area contributed by atoms with Gasteiger partial charge in [-0.05, 0) is 36.9 Å². The lowest BCUT2D eigenvalue weighted by Crippen LogP contribution is -2.44. The quantitative estimate of drug-likeness (QED) is 0.906. The third kappa shape index (κ3) is 3.76. The lowest BCUT2D eigenvalue weighted by Gasteiger charge is -2.38. The van der Waals surface area contributed by atoms with Gasteiger partial charge in [0.05, 0.1) is 6.10 Å². The Bertz CT molecular complexity index is 554. The van der Waals surface area contributed by atoms with Crippen LogP contribution < -0.4 is 0 Å². The number of rotatable bonds is 5. The van der Waals surface area contributed by atoms with Gasteiger partial charge in [0.15, 0.2) is 0 Å². The summed E-state index contributed by atoms with van der Waals surface area (Å²) in [6, 6.07) is 21.0. The SMILES string of the molecule is OC(c1ccccc1)C1CCCCN1CCc1ccccc1. The molecule has 0 aliphatic carbocycles. The number of aliphatic hydroxyl groups excluding tert-OH is 1. The maximum atomic E-state index is 10.8. The first-order valence-corrected chi connectivity index (χ1v) is 8.35. The summed E-state index contributed by atoms with van der Waals surface area (Å²) in [4.78, 5) is 2.48. The van der Waals surface area contributed by atoms with Crippen LogP contribution in [0.15, 0.2) is 60.7 Å². The van der Waals surface area contributed by atoms with E-state index >= 15 is 0 Å². The fourth-order valence-corrected chi connectivity index (χ4v) is 3.44. The minimum atomic E-state index is -0.378. The number of hydrogen-bond donors (Lipinski definition) is 1. The molecule has 1 aliphatic rings. The summed E-state index contributed by atoms with van der Waals surface area (Å²) in [5.41, 5.74) is 2.42. The van der Waals surface area contributed by atoms with Crippen LogP contribution in [0.2, 0.25) is 0 Å². The van der Waals surface area contributed by atoms with E-state index in [1.165, 1.54) is 18.4 Å². The molecule has 0 aromatic heterocycles. The standard InChI is InChI=1S/C20H25NO/c22-20(18-11-5-2-6-12-18)19-13-7-8-15-21(19)16-14-17-9-3-1-4-10-17/h1-6,9-12,19-20,22H,7-8,13-16H2. The number of piperidine rings is 1. The van der Waals surface area contributed by atoms with Gasteiger partial charge in [-0.25, -0.2) is 0 Å². The van der Waals surface area contributed by atoms with Crippen molar-refractivity contribution in [1.29, 1.82) is 0 Å². The molecule has 0 amide bonds. The van der Waals surface area contributed by atoms with E-state index in [2.05, 4.69) is 35.2 Å². The molecule has 0 spiro atoms. The number of benzene rings is 2. The van der Waals surface area contributed by atoms with Crippen LogP contribution >= 0.6 is 0 Å². The highest BCUT2D eigenvalue weighted by atomic mass is 16.3. The highest BCUT2D eigenvalue weighted by Crippen LogP contribution is 2.28. The first-order chi connectivity index (χ1) is 10.8. The second-order valence-electron chi connectivity index (χ2n) is 6.19. The van der Waals surface area contributed by atoms with E-state index in [1.54, 1.807) is 0 Å². The molecule has 1 N–H and O–H groups in total. The Balaban J connectivity index is 1.66. The first-order valence-electron chi connectivity index (χ1n) is 8.35. The molecule has 0 radical (unpaired) electrons. The van der Waals surface area contributed by atoms with Gasteiger partial charge in [-0.2, -0.15) is 0 Å². The molecule has 22 heavy (non-hydrogen) atoms. The van der Waals surface area contributed by atoms with E-state index in [4.69, 9.17) is 0 Å². The van der Waals surface area contributed by atoms with E-state index in [0.717, 1.165) is 31.5 Å². The van der Waals surface area contributed by atoms with Gasteiger partial charge < -0.3 is 5.11 Å².